The van der Waals surface area contributed by atoms with Gasteiger partial charge in [0.25, 0.3) is 0 Å². The number of hydrogen-bond acceptors (Lipinski definition) is 2. The molecule has 2 atom stereocenters. The molecular formula is C15H20ClNO2. The van der Waals surface area contributed by atoms with E-state index in [0.29, 0.717) is 6.42 Å². The molecule has 0 spiro atoms. The molecule has 3 nitrogen and oxygen atoms in total. The van der Waals surface area contributed by atoms with Gasteiger partial charge in [-0.15, -0.1) is 0 Å². The van der Waals surface area contributed by atoms with Crippen molar-refractivity contribution in [1.82, 2.24) is 5.32 Å². The maximum Gasteiger partial charge on any atom is 0.320 e. The lowest BCUT2D eigenvalue weighted by Gasteiger charge is -2.28. The fourth-order valence-corrected chi connectivity index (χ4v) is 2.91. The molecular weight excluding hydrogens is 262 g/mol. The average Bonchev–Trinajstić information content (AvgIpc) is 2.38. The van der Waals surface area contributed by atoms with Gasteiger partial charge in [-0.25, -0.2) is 0 Å². The van der Waals surface area contributed by atoms with Gasteiger partial charge in [0.05, 0.1) is 0 Å². The number of carboxylic acid groups (broad SMARTS) is 1. The summed E-state index contributed by atoms with van der Waals surface area (Å²) in [5, 5.41) is 13.2. The second-order valence-electron chi connectivity index (χ2n) is 5.20. The third-order valence-electron chi connectivity index (χ3n) is 3.71. The number of nitrogens with one attached hydrogen (secondary N) is 1. The second kappa shape index (κ2) is 6.40. The molecule has 0 fully saturated rings. The molecule has 1 aliphatic rings. The number of aryl methyl sites for hydroxylation is 1. The Bertz CT molecular complexity index is 461. The Kier molecular flexibility index (Phi) is 4.83. The number of fused-ring (bicyclic) bond motifs is 1. The van der Waals surface area contributed by atoms with E-state index in [1.807, 2.05) is 19.1 Å². The highest BCUT2D eigenvalue weighted by molar-refractivity contribution is 6.30. The number of rotatable bonds is 5. The Labute approximate surface area is 119 Å². The van der Waals surface area contributed by atoms with Crippen LogP contribution in [0.1, 0.15) is 37.3 Å². The van der Waals surface area contributed by atoms with Gasteiger partial charge in [0.2, 0.25) is 0 Å². The van der Waals surface area contributed by atoms with E-state index in [1.165, 1.54) is 11.1 Å². The first-order chi connectivity index (χ1) is 9.10. The van der Waals surface area contributed by atoms with E-state index in [2.05, 4.69) is 11.4 Å². The van der Waals surface area contributed by atoms with Gasteiger partial charge in [-0.1, -0.05) is 31.0 Å². The van der Waals surface area contributed by atoms with Crippen LogP contribution in [-0.4, -0.2) is 23.2 Å². The lowest BCUT2D eigenvalue weighted by atomic mass is 9.88. The lowest BCUT2D eigenvalue weighted by Crippen LogP contribution is -2.45. The molecule has 0 heterocycles. The zero-order valence-electron chi connectivity index (χ0n) is 11.2. The zero-order chi connectivity index (χ0) is 13.8. The largest absolute Gasteiger partial charge is 0.480 e. The van der Waals surface area contributed by atoms with Gasteiger partial charge in [-0.05, 0) is 48.9 Å². The molecule has 1 aliphatic carbocycles. The molecule has 0 aliphatic heterocycles. The first kappa shape index (κ1) is 14.4. The lowest BCUT2D eigenvalue weighted by molar-refractivity contribution is -0.139. The molecule has 0 saturated heterocycles. The molecule has 0 saturated carbocycles. The van der Waals surface area contributed by atoms with E-state index >= 15 is 0 Å². The predicted molar refractivity (Wildman–Crippen MR) is 76.7 cm³/mol. The molecule has 1 aromatic carbocycles. The molecule has 104 valence electrons. The van der Waals surface area contributed by atoms with E-state index in [1.54, 1.807) is 0 Å². The van der Waals surface area contributed by atoms with Crippen LogP contribution in [0.3, 0.4) is 0 Å². The van der Waals surface area contributed by atoms with E-state index in [0.717, 1.165) is 30.7 Å². The van der Waals surface area contributed by atoms with E-state index in [9.17, 15) is 9.90 Å². The summed E-state index contributed by atoms with van der Waals surface area (Å²) in [4.78, 5) is 11.2. The Morgan fingerprint density at radius 3 is 3.00 bits per heavy atom. The number of hydrogen-bond donors (Lipinski definition) is 2. The maximum absolute atomic E-state index is 11.2. The minimum absolute atomic E-state index is 0.251. The summed E-state index contributed by atoms with van der Waals surface area (Å²) in [5.74, 6) is -0.747. The van der Waals surface area contributed by atoms with Crippen LogP contribution < -0.4 is 5.32 Å². The SMILES string of the molecule is CCCC(NC1CCc2cc(Cl)ccc2C1)C(=O)O. The van der Waals surface area contributed by atoms with Crippen molar-refractivity contribution in [3.05, 3.63) is 34.3 Å². The summed E-state index contributed by atoms with van der Waals surface area (Å²) in [7, 11) is 0. The molecule has 0 radical (unpaired) electrons. The normalized spacial score (nSPS) is 19.8. The first-order valence-corrected chi connectivity index (χ1v) is 7.24. The molecule has 0 aromatic heterocycles. The summed E-state index contributed by atoms with van der Waals surface area (Å²) in [6.45, 7) is 2.01. The van der Waals surface area contributed by atoms with Crippen LogP contribution in [0.4, 0.5) is 0 Å². The average molecular weight is 282 g/mol. The summed E-state index contributed by atoms with van der Waals surface area (Å²) in [5.41, 5.74) is 2.58. The minimum atomic E-state index is -0.747. The van der Waals surface area contributed by atoms with Gasteiger partial charge in [0, 0.05) is 11.1 Å². The summed E-state index contributed by atoms with van der Waals surface area (Å²) in [6, 6.07) is 5.81. The topological polar surface area (TPSA) is 49.3 Å². The van der Waals surface area contributed by atoms with Gasteiger partial charge in [0.15, 0.2) is 0 Å². The third-order valence-corrected chi connectivity index (χ3v) is 3.94. The van der Waals surface area contributed by atoms with Gasteiger partial charge in [0.1, 0.15) is 6.04 Å². The Hall–Kier alpha value is -1.06. The van der Waals surface area contributed by atoms with Gasteiger partial charge in [-0.2, -0.15) is 0 Å². The predicted octanol–water partition coefficient (Wildman–Crippen LogP) is 3.04. The van der Waals surface area contributed by atoms with Crippen LogP contribution in [0.2, 0.25) is 5.02 Å². The number of carbonyl (C=O) groups is 1. The van der Waals surface area contributed by atoms with Gasteiger partial charge >= 0.3 is 5.97 Å². The summed E-state index contributed by atoms with van der Waals surface area (Å²) < 4.78 is 0. The molecule has 2 N–H and O–H groups in total. The highest BCUT2D eigenvalue weighted by atomic mass is 35.5. The highest BCUT2D eigenvalue weighted by Gasteiger charge is 2.24. The monoisotopic (exact) mass is 281 g/mol. The van der Waals surface area contributed by atoms with Crippen LogP contribution >= 0.6 is 11.6 Å². The standard InChI is InChI=1S/C15H20ClNO2/c1-2-3-14(15(18)19)17-13-7-5-10-8-12(16)6-4-11(10)9-13/h4,6,8,13-14,17H,2-3,5,7,9H2,1H3,(H,18,19). The van der Waals surface area contributed by atoms with E-state index in [-0.39, 0.29) is 6.04 Å². The number of benzene rings is 1. The molecule has 2 rings (SSSR count). The number of carboxylic acids is 1. The van der Waals surface area contributed by atoms with Crippen molar-refractivity contribution in [3.8, 4) is 0 Å². The van der Waals surface area contributed by atoms with Gasteiger partial charge < -0.3 is 10.4 Å². The molecule has 1 aromatic rings. The minimum Gasteiger partial charge on any atom is -0.480 e. The molecule has 19 heavy (non-hydrogen) atoms. The number of halogens is 1. The molecule has 0 bridgehead atoms. The Morgan fingerprint density at radius 1 is 1.53 bits per heavy atom. The smallest absolute Gasteiger partial charge is 0.320 e. The molecule has 0 amide bonds. The maximum atomic E-state index is 11.2. The zero-order valence-corrected chi connectivity index (χ0v) is 11.9. The fraction of sp³-hybridized carbons (Fsp3) is 0.533. The van der Waals surface area contributed by atoms with Gasteiger partial charge in [-0.3, -0.25) is 4.79 Å². The first-order valence-electron chi connectivity index (χ1n) is 6.86. The molecule has 2 unspecified atom stereocenters. The van der Waals surface area contributed by atoms with Crippen molar-refractivity contribution in [2.45, 2.75) is 51.1 Å². The van der Waals surface area contributed by atoms with Crippen molar-refractivity contribution in [1.29, 1.82) is 0 Å². The van der Waals surface area contributed by atoms with Crippen LogP contribution in [0.25, 0.3) is 0 Å². The van der Waals surface area contributed by atoms with Crippen molar-refractivity contribution >= 4 is 17.6 Å². The van der Waals surface area contributed by atoms with Crippen molar-refractivity contribution in [2.75, 3.05) is 0 Å². The summed E-state index contributed by atoms with van der Waals surface area (Å²) in [6.07, 6.45) is 4.38. The van der Waals surface area contributed by atoms with Crippen molar-refractivity contribution in [3.63, 3.8) is 0 Å². The third kappa shape index (κ3) is 3.71. The number of aliphatic carboxylic acids is 1. The second-order valence-corrected chi connectivity index (χ2v) is 5.64. The fourth-order valence-electron chi connectivity index (χ4n) is 2.72. The van der Waals surface area contributed by atoms with Crippen LogP contribution in [0.5, 0.6) is 0 Å². The van der Waals surface area contributed by atoms with E-state index in [4.69, 9.17) is 11.6 Å². The van der Waals surface area contributed by atoms with Crippen molar-refractivity contribution in [2.24, 2.45) is 0 Å². The van der Waals surface area contributed by atoms with Crippen LogP contribution in [0.15, 0.2) is 18.2 Å². The highest BCUT2D eigenvalue weighted by Crippen LogP contribution is 2.25. The molecule has 4 heteroatoms. The van der Waals surface area contributed by atoms with E-state index < -0.39 is 12.0 Å². The van der Waals surface area contributed by atoms with Crippen molar-refractivity contribution < 1.29 is 9.90 Å². The summed E-state index contributed by atoms with van der Waals surface area (Å²) >= 11 is 5.99. The quantitative estimate of drug-likeness (QED) is 0.872. The Morgan fingerprint density at radius 2 is 2.32 bits per heavy atom. The Balaban J connectivity index is 2.01. The van der Waals surface area contributed by atoms with Crippen LogP contribution in [0, 0.1) is 0 Å². The van der Waals surface area contributed by atoms with Crippen LogP contribution in [-0.2, 0) is 17.6 Å².